The SMILES string of the molecule is COC1(C(O)C2CCOC3(CCSC3)C2)CCCC1. The molecule has 3 nitrogen and oxygen atoms in total. The summed E-state index contributed by atoms with van der Waals surface area (Å²) in [5.41, 5.74) is -0.211. The predicted octanol–water partition coefficient (Wildman–Crippen LogP) is 2.61. The normalized spacial score (nSPS) is 39.8. The van der Waals surface area contributed by atoms with Crippen molar-refractivity contribution >= 4 is 11.8 Å². The maximum Gasteiger partial charge on any atom is 0.0939 e. The molecule has 1 spiro atoms. The van der Waals surface area contributed by atoms with Crippen molar-refractivity contribution in [3.05, 3.63) is 0 Å². The standard InChI is InChI=1S/C15H26O3S/c1-17-15(5-2-3-6-15)13(16)12-4-8-18-14(10-12)7-9-19-11-14/h12-13,16H,2-11H2,1H3. The van der Waals surface area contributed by atoms with Crippen LogP contribution in [0, 0.1) is 5.92 Å². The fourth-order valence-corrected chi connectivity index (χ4v) is 5.60. The molecule has 110 valence electrons. The first-order valence-electron chi connectivity index (χ1n) is 7.65. The lowest BCUT2D eigenvalue weighted by atomic mass is 9.76. The van der Waals surface area contributed by atoms with E-state index in [-0.39, 0.29) is 17.3 Å². The van der Waals surface area contributed by atoms with Gasteiger partial charge >= 0.3 is 0 Å². The molecule has 0 aromatic rings. The Kier molecular flexibility index (Phi) is 4.14. The van der Waals surface area contributed by atoms with Crippen molar-refractivity contribution in [2.45, 2.75) is 62.3 Å². The molecular weight excluding hydrogens is 260 g/mol. The van der Waals surface area contributed by atoms with Gasteiger partial charge in [0.1, 0.15) is 0 Å². The number of hydrogen-bond acceptors (Lipinski definition) is 4. The monoisotopic (exact) mass is 286 g/mol. The average molecular weight is 286 g/mol. The smallest absolute Gasteiger partial charge is 0.0939 e. The molecule has 1 saturated carbocycles. The van der Waals surface area contributed by atoms with E-state index in [4.69, 9.17) is 9.47 Å². The van der Waals surface area contributed by atoms with Gasteiger partial charge in [-0.3, -0.25) is 0 Å². The number of methoxy groups -OCH3 is 1. The molecule has 2 aliphatic heterocycles. The summed E-state index contributed by atoms with van der Waals surface area (Å²) in [5, 5.41) is 10.9. The molecule has 1 N–H and O–H groups in total. The van der Waals surface area contributed by atoms with Gasteiger partial charge in [-0.2, -0.15) is 11.8 Å². The van der Waals surface area contributed by atoms with Crippen molar-refractivity contribution in [3.8, 4) is 0 Å². The Bertz CT molecular complexity index is 309. The second-order valence-corrected chi connectivity index (χ2v) is 7.61. The van der Waals surface area contributed by atoms with Gasteiger partial charge in [-0.25, -0.2) is 0 Å². The first-order chi connectivity index (χ1) is 9.20. The van der Waals surface area contributed by atoms with Crippen molar-refractivity contribution in [2.75, 3.05) is 25.2 Å². The molecule has 0 amide bonds. The third kappa shape index (κ3) is 2.57. The summed E-state index contributed by atoms with van der Waals surface area (Å²) in [6, 6.07) is 0. The van der Waals surface area contributed by atoms with Gasteiger partial charge in [0.2, 0.25) is 0 Å². The van der Waals surface area contributed by atoms with Crippen LogP contribution in [0.15, 0.2) is 0 Å². The predicted molar refractivity (Wildman–Crippen MR) is 77.6 cm³/mol. The van der Waals surface area contributed by atoms with Gasteiger partial charge in [0, 0.05) is 19.5 Å². The van der Waals surface area contributed by atoms with Gasteiger partial charge in [0.15, 0.2) is 0 Å². The van der Waals surface area contributed by atoms with Crippen molar-refractivity contribution in [1.82, 2.24) is 0 Å². The van der Waals surface area contributed by atoms with Gasteiger partial charge in [-0.1, -0.05) is 12.8 Å². The van der Waals surface area contributed by atoms with Crippen LogP contribution in [0.2, 0.25) is 0 Å². The molecule has 2 heterocycles. The molecule has 2 saturated heterocycles. The summed E-state index contributed by atoms with van der Waals surface area (Å²) in [5.74, 6) is 2.67. The highest BCUT2D eigenvalue weighted by Crippen LogP contribution is 2.46. The zero-order valence-electron chi connectivity index (χ0n) is 11.9. The van der Waals surface area contributed by atoms with E-state index in [2.05, 4.69) is 0 Å². The number of rotatable bonds is 3. The topological polar surface area (TPSA) is 38.7 Å². The Hall–Kier alpha value is 0.230. The molecule has 3 unspecified atom stereocenters. The van der Waals surface area contributed by atoms with E-state index in [9.17, 15) is 5.11 Å². The van der Waals surface area contributed by atoms with Crippen molar-refractivity contribution in [3.63, 3.8) is 0 Å². The van der Waals surface area contributed by atoms with Gasteiger partial charge < -0.3 is 14.6 Å². The molecule has 4 heteroatoms. The Labute approximate surface area is 120 Å². The first-order valence-corrected chi connectivity index (χ1v) is 8.80. The largest absolute Gasteiger partial charge is 0.390 e. The lowest BCUT2D eigenvalue weighted by Crippen LogP contribution is -2.51. The van der Waals surface area contributed by atoms with E-state index in [1.165, 1.54) is 18.6 Å². The highest BCUT2D eigenvalue weighted by molar-refractivity contribution is 7.99. The minimum Gasteiger partial charge on any atom is -0.390 e. The van der Waals surface area contributed by atoms with Crippen LogP contribution in [-0.2, 0) is 9.47 Å². The number of aliphatic hydroxyl groups is 1. The van der Waals surface area contributed by atoms with Crippen LogP contribution in [0.1, 0.15) is 44.9 Å². The van der Waals surface area contributed by atoms with Gasteiger partial charge in [-0.15, -0.1) is 0 Å². The second kappa shape index (κ2) is 5.55. The van der Waals surface area contributed by atoms with Gasteiger partial charge in [0.25, 0.3) is 0 Å². The summed E-state index contributed by atoms with van der Waals surface area (Å²) < 4.78 is 11.8. The Balaban J connectivity index is 1.70. The van der Waals surface area contributed by atoms with Gasteiger partial charge in [-0.05, 0) is 43.8 Å². The summed E-state index contributed by atoms with van der Waals surface area (Å²) in [7, 11) is 1.77. The number of hydrogen-bond donors (Lipinski definition) is 1. The molecule has 3 atom stereocenters. The summed E-state index contributed by atoms with van der Waals surface area (Å²) in [6.45, 7) is 0.808. The minimum absolute atomic E-state index is 0.0576. The van der Waals surface area contributed by atoms with E-state index < -0.39 is 0 Å². The van der Waals surface area contributed by atoms with Crippen molar-refractivity contribution < 1.29 is 14.6 Å². The Morgan fingerprint density at radius 1 is 1.32 bits per heavy atom. The van der Waals surface area contributed by atoms with Gasteiger partial charge in [0.05, 0.1) is 17.3 Å². The molecule has 3 rings (SSSR count). The molecule has 19 heavy (non-hydrogen) atoms. The molecule has 0 aromatic carbocycles. The fourth-order valence-electron chi connectivity index (χ4n) is 4.22. The quantitative estimate of drug-likeness (QED) is 0.865. The van der Waals surface area contributed by atoms with E-state index in [1.54, 1.807) is 7.11 Å². The van der Waals surface area contributed by atoms with Crippen LogP contribution < -0.4 is 0 Å². The summed E-state index contributed by atoms with van der Waals surface area (Å²) in [4.78, 5) is 0. The molecule has 3 fully saturated rings. The van der Waals surface area contributed by atoms with Crippen LogP contribution in [0.4, 0.5) is 0 Å². The number of ether oxygens (including phenoxy) is 2. The fraction of sp³-hybridized carbons (Fsp3) is 1.00. The average Bonchev–Trinajstić information content (AvgIpc) is 3.08. The number of thioether (sulfide) groups is 1. The molecular formula is C15H26O3S. The number of aliphatic hydroxyl groups excluding tert-OH is 1. The summed E-state index contributed by atoms with van der Waals surface area (Å²) in [6.07, 6.45) is 7.26. The minimum atomic E-state index is -0.314. The van der Waals surface area contributed by atoms with E-state index in [1.807, 2.05) is 11.8 Å². The van der Waals surface area contributed by atoms with E-state index in [0.29, 0.717) is 5.92 Å². The summed E-state index contributed by atoms with van der Waals surface area (Å²) >= 11 is 1.99. The highest BCUT2D eigenvalue weighted by Gasteiger charge is 2.49. The second-order valence-electron chi connectivity index (χ2n) is 6.51. The Morgan fingerprint density at radius 2 is 2.11 bits per heavy atom. The molecule has 1 aliphatic carbocycles. The maximum atomic E-state index is 10.9. The lowest BCUT2D eigenvalue weighted by Gasteiger charge is -2.44. The zero-order chi connectivity index (χ0) is 13.3. The van der Waals surface area contributed by atoms with Crippen LogP contribution in [-0.4, -0.2) is 47.6 Å². The molecule has 3 aliphatic rings. The van der Waals surface area contributed by atoms with E-state index in [0.717, 1.165) is 44.5 Å². The Morgan fingerprint density at radius 3 is 2.74 bits per heavy atom. The van der Waals surface area contributed by atoms with Crippen molar-refractivity contribution in [2.24, 2.45) is 5.92 Å². The first kappa shape index (κ1) is 14.2. The highest BCUT2D eigenvalue weighted by atomic mass is 32.2. The lowest BCUT2D eigenvalue weighted by molar-refractivity contribution is -0.159. The molecule has 0 bridgehead atoms. The molecule has 0 radical (unpaired) electrons. The van der Waals surface area contributed by atoms with Crippen LogP contribution in [0.3, 0.4) is 0 Å². The van der Waals surface area contributed by atoms with Crippen molar-refractivity contribution in [1.29, 1.82) is 0 Å². The molecule has 0 aromatic heterocycles. The van der Waals surface area contributed by atoms with Crippen LogP contribution >= 0.6 is 11.8 Å². The third-order valence-electron chi connectivity index (χ3n) is 5.44. The zero-order valence-corrected chi connectivity index (χ0v) is 12.7. The van der Waals surface area contributed by atoms with Crippen LogP contribution in [0.5, 0.6) is 0 Å². The maximum absolute atomic E-state index is 10.9. The van der Waals surface area contributed by atoms with E-state index >= 15 is 0 Å². The van der Waals surface area contributed by atoms with Crippen LogP contribution in [0.25, 0.3) is 0 Å². The third-order valence-corrected chi connectivity index (χ3v) is 6.66.